The molecule has 1 fully saturated rings. The second-order valence-electron chi connectivity index (χ2n) is 6.17. The summed E-state index contributed by atoms with van der Waals surface area (Å²) in [6, 6.07) is 9.48. The quantitative estimate of drug-likeness (QED) is 0.844. The number of hydrogen-bond donors (Lipinski definition) is 2. The molecular weight excluding hydrogens is 316 g/mol. The lowest BCUT2D eigenvalue weighted by atomic mass is 10.1. The molecule has 6 nitrogen and oxygen atoms in total. The zero-order chi connectivity index (χ0) is 17.6. The van der Waals surface area contributed by atoms with Crippen LogP contribution in [0.25, 0.3) is 0 Å². The molecule has 2 heterocycles. The first-order valence-corrected chi connectivity index (χ1v) is 8.76. The summed E-state index contributed by atoms with van der Waals surface area (Å²) in [4.78, 5) is 21.2. The first kappa shape index (κ1) is 17.4. The number of carbonyl (C=O) groups excluding carboxylic acids is 1. The number of benzene rings is 1. The number of para-hydroxylation sites is 1. The van der Waals surface area contributed by atoms with Gasteiger partial charge in [0.05, 0.1) is 6.10 Å². The highest BCUT2D eigenvalue weighted by molar-refractivity contribution is 6.03. The fourth-order valence-electron chi connectivity index (χ4n) is 2.94. The first-order valence-electron chi connectivity index (χ1n) is 8.76. The third kappa shape index (κ3) is 4.54. The van der Waals surface area contributed by atoms with Gasteiger partial charge in [-0.05, 0) is 37.8 Å². The molecule has 0 saturated carbocycles. The predicted octanol–water partition coefficient (Wildman–Crippen LogP) is 3.19. The molecule has 25 heavy (non-hydrogen) atoms. The average Bonchev–Trinajstić information content (AvgIpc) is 3.13. The Bertz CT molecular complexity index is 742. The van der Waals surface area contributed by atoms with Crippen molar-refractivity contribution in [3.8, 4) is 0 Å². The van der Waals surface area contributed by atoms with Crippen LogP contribution in [0, 0.1) is 6.92 Å². The number of rotatable bonds is 6. The van der Waals surface area contributed by atoms with Crippen LogP contribution in [-0.4, -0.2) is 35.1 Å². The Morgan fingerprint density at radius 1 is 1.32 bits per heavy atom. The zero-order valence-corrected chi connectivity index (χ0v) is 14.7. The highest BCUT2D eigenvalue weighted by Gasteiger charge is 2.16. The van der Waals surface area contributed by atoms with Gasteiger partial charge in [-0.3, -0.25) is 4.79 Å². The van der Waals surface area contributed by atoms with E-state index in [1.54, 1.807) is 13.0 Å². The van der Waals surface area contributed by atoms with E-state index >= 15 is 0 Å². The van der Waals surface area contributed by atoms with Crippen LogP contribution < -0.4 is 10.6 Å². The molecule has 1 saturated heterocycles. The van der Waals surface area contributed by atoms with Crippen molar-refractivity contribution in [1.29, 1.82) is 0 Å². The summed E-state index contributed by atoms with van der Waals surface area (Å²) in [7, 11) is 0. The maximum Gasteiger partial charge on any atom is 0.274 e. The summed E-state index contributed by atoms with van der Waals surface area (Å²) < 4.78 is 5.60. The summed E-state index contributed by atoms with van der Waals surface area (Å²) in [5.74, 6) is 0.981. The van der Waals surface area contributed by atoms with E-state index in [1.165, 1.54) is 0 Å². The number of anilines is 2. The van der Waals surface area contributed by atoms with E-state index in [0.29, 0.717) is 23.9 Å². The van der Waals surface area contributed by atoms with E-state index in [2.05, 4.69) is 27.5 Å². The maximum absolute atomic E-state index is 12.6. The van der Waals surface area contributed by atoms with Gasteiger partial charge in [0.25, 0.3) is 5.91 Å². The van der Waals surface area contributed by atoms with E-state index in [0.717, 1.165) is 37.1 Å². The Balaban J connectivity index is 1.71. The third-order valence-electron chi connectivity index (χ3n) is 4.25. The molecule has 1 aliphatic heterocycles. The highest BCUT2D eigenvalue weighted by Crippen LogP contribution is 2.17. The molecule has 1 unspecified atom stereocenters. The molecule has 132 valence electrons. The van der Waals surface area contributed by atoms with Crippen LogP contribution in [0.4, 0.5) is 11.5 Å². The molecule has 1 aromatic heterocycles. The lowest BCUT2D eigenvalue weighted by Gasteiger charge is -2.13. The van der Waals surface area contributed by atoms with Crippen LogP contribution in [0.3, 0.4) is 0 Å². The van der Waals surface area contributed by atoms with Gasteiger partial charge in [-0.1, -0.05) is 25.1 Å². The number of aryl methyl sites for hydroxylation is 2. The molecule has 0 aliphatic carbocycles. The molecular formula is C19H24N4O2. The van der Waals surface area contributed by atoms with Crippen LogP contribution in [0.2, 0.25) is 0 Å². The fourth-order valence-corrected chi connectivity index (χ4v) is 2.94. The molecule has 0 spiro atoms. The van der Waals surface area contributed by atoms with Crippen molar-refractivity contribution >= 4 is 17.4 Å². The number of hydrogen-bond acceptors (Lipinski definition) is 5. The number of aromatic nitrogens is 2. The topological polar surface area (TPSA) is 76.1 Å². The van der Waals surface area contributed by atoms with Crippen molar-refractivity contribution in [1.82, 2.24) is 9.97 Å². The molecule has 0 bridgehead atoms. The monoisotopic (exact) mass is 340 g/mol. The van der Waals surface area contributed by atoms with Crippen molar-refractivity contribution < 1.29 is 9.53 Å². The molecule has 2 N–H and O–H groups in total. The summed E-state index contributed by atoms with van der Waals surface area (Å²) in [6.45, 7) is 5.36. The van der Waals surface area contributed by atoms with E-state index in [9.17, 15) is 4.79 Å². The third-order valence-corrected chi connectivity index (χ3v) is 4.25. The van der Waals surface area contributed by atoms with Crippen molar-refractivity contribution in [2.24, 2.45) is 0 Å². The Morgan fingerprint density at radius 3 is 2.92 bits per heavy atom. The Labute approximate surface area is 148 Å². The van der Waals surface area contributed by atoms with Gasteiger partial charge >= 0.3 is 0 Å². The molecule has 1 amide bonds. The van der Waals surface area contributed by atoms with Crippen LogP contribution in [0.1, 0.15) is 41.6 Å². The number of carbonyl (C=O) groups is 1. The minimum atomic E-state index is -0.230. The van der Waals surface area contributed by atoms with Crippen LogP contribution >= 0.6 is 0 Å². The summed E-state index contributed by atoms with van der Waals surface area (Å²) in [6.07, 6.45) is 3.22. The standard InChI is InChI=1S/C19H24N4O2/c1-3-14-7-4-5-9-16(14)23-19(24)17-11-18(22-13(2)21-17)20-12-15-8-6-10-25-15/h4-5,7,9,11,15H,3,6,8,10,12H2,1-2H3,(H,23,24)(H,20,21,22). The largest absolute Gasteiger partial charge is 0.376 e. The molecule has 6 heteroatoms. The summed E-state index contributed by atoms with van der Waals surface area (Å²) in [5, 5.41) is 6.20. The molecule has 3 rings (SSSR count). The minimum Gasteiger partial charge on any atom is -0.376 e. The summed E-state index contributed by atoms with van der Waals surface area (Å²) >= 11 is 0. The lowest BCUT2D eigenvalue weighted by Crippen LogP contribution is -2.20. The maximum atomic E-state index is 12.6. The van der Waals surface area contributed by atoms with Gasteiger partial charge in [-0.15, -0.1) is 0 Å². The van der Waals surface area contributed by atoms with Gasteiger partial charge in [0.15, 0.2) is 0 Å². The molecule has 0 radical (unpaired) electrons. The zero-order valence-electron chi connectivity index (χ0n) is 14.7. The van der Waals surface area contributed by atoms with Crippen molar-refractivity contribution in [3.63, 3.8) is 0 Å². The van der Waals surface area contributed by atoms with E-state index in [4.69, 9.17) is 4.74 Å². The molecule has 1 aliphatic rings. The predicted molar refractivity (Wildman–Crippen MR) is 98.0 cm³/mol. The smallest absolute Gasteiger partial charge is 0.274 e. The lowest BCUT2D eigenvalue weighted by molar-refractivity contribution is 0.102. The Morgan fingerprint density at radius 2 is 2.16 bits per heavy atom. The highest BCUT2D eigenvalue weighted by atomic mass is 16.5. The summed E-state index contributed by atoms with van der Waals surface area (Å²) in [5.41, 5.74) is 2.27. The van der Waals surface area contributed by atoms with E-state index in [-0.39, 0.29) is 12.0 Å². The van der Waals surface area contributed by atoms with Gasteiger partial charge in [0.2, 0.25) is 0 Å². The van der Waals surface area contributed by atoms with Gasteiger partial charge in [-0.2, -0.15) is 0 Å². The second-order valence-corrected chi connectivity index (χ2v) is 6.17. The number of nitrogens with zero attached hydrogens (tertiary/aromatic N) is 2. The Hall–Kier alpha value is -2.47. The van der Waals surface area contributed by atoms with Gasteiger partial charge in [0.1, 0.15) is 17.3 Å². The van der Waals surface area contributed by atoms with Gasteiger partial charge in [-0.25, -0.2) is 9.97 Å². The minimum absolute atomic E-state index is 0.212. The number of amides is 1. The van der Waals surface area contributed by atoms with Crippen molar-refractivity contribution in [3.05, 3.63) is 47.4 Å². The number of nitrogens with one attached hydrogen (secondary N) is 2. The van der Waals surface area contributed by atoms with Crippen LogP contribution in [0.15, 0.2) is 30.3 Å². The Kier molecular flexibility index (Phi) is 5.60. The molecule has 1 aromatic carbocycles. The van der Waals surface area contributed by atoms with Crippen molar-refractivity contribution in [2.75, 3.05) is 23.8 Å². The van der Waals surface area contributed by atoms with Crippen LogP contribution in [-0.2, 0) is 11.2 Å². The SMILES string of the molecule is CCc1ccccc1NC(=O)c1cc(NCC2CCCO2)nc(C)n1. The van der Waals surface area contributed by atoms with E-state index in [1.807, 2.05) is 24.3 Å². The molecule has 2 aromatic rings. The van der Waals surface area contributed by atoms with Gasteiger partial charge < -0.3 is 15.4 Å². The van der Waals surface area contributed by atoms with Crippen molar-refractivity contribution in [2.45, 2.75) is 39.2 Å². The van der Waals surface area contributed by atoms with Gasteiger partial charge in [0, 0.05) is 24.9 Å². The van der Waals surface area contributed by atoms with E-state index < -0.39 is 0 Å². The molecule has 1 atom stereocenters. The fraction of sp³-hybridized carbons (Fsp3) is 0.421. The average molecular weight is 340 g/mol. The normalized spacial score (nSPS) is 16.6. The number of ether oxygens (including phenoxy) is 1. The van der Waals surface area contributed by atoms with Crippen LogP contribution in [0.5, 0.6) is 0 Å². The second kappa shape index (κ2) is 8.07. The first-order chi connectivity index (χ1) is 12.2.